The Morgan fingerprint density at radius 2 is 1.69 bits per heavy atom. The Balaban J connectivity index is 1.35. The average molecular weight is 478 g/mol. The maximum atomic E-state index is 12.6. The molecule has 1 atom stereocenters. The number of hydrogen-bond acceptors (Lipinski definition) is 6. The van der Waals surface area contributed by atoms with Crippen molar-refractivity contribution in [1.82, 2.24) is 15.6 Å². The van der Waals surface area contributed by atoms with E-state index in [2.05, 4.69) is 27.8 Å². The van der Waals surface area contributed by atoms with Crippen LogP contribution in [0.15, 0.2) is 59.3 Å². The summed E-state index contributed by atoms with van der Waals surface area (Å²) in [5.74, 6) is -1.59. The first-order valence-electron chi connectivity index (χ1n) is 11.4. The number of amides is 2. The van der Waals surface area contributed by atoms with Gasteiger partial charge in [0, 0.05) is 12.0 Å². The molecule has 9 heteroatoms. The minimum absolute atomic E-state index is 0.0139. The lowest BCUT2D eigenvalue weighted by Gasteiger charge is -2.20. The lowest BCUT2D eigenvalue weighted by molar-refractivity contribution is -0.137. The number of nitrogens with one attached hydrogen (secondary N) is 2. The van der Waals surface area contributed by atoms with Crippen molar-refractivity contribution < 1.29 is 28.6 Å². The molecule has 0 aliphatic heterocycles. The third kappa shape index (κ3) is 5.34. The van der Waals surface area contributed by atoms with Crippen molar-refractivity contribution in [3.05, 3.63) is 77.5 Å². The molecule has 0 spiro atoms. The van der Waals surface area contributed by atoms with E-state index in [9.17, 15) is 14.4 Å². The van der Waals surface area contributed by atoms with Crippen molar-refractivity contribution in [3.8, 4) is 11.1 Å². The summed E-state index contributed by atoms with van der Waals surface area (Å²) in [5.41, 5.74) is 4.47. The lowest BCUT2D eigenvalue weighted by Crippen LogP contribution is -2.40. The van der Waals surface area contributed by atoms with Gasteiger partial charge in [-0.1, -0.05) is 62.4 Å². The average Bonchev–Trinajstić information content (AvgIpc) is 3.43. The highest BCUT2D eigenvalue weighted by molar-refractivity contribution is 5.93. The van der Waals surface area contributed by atoms with Gasteiger partial charge in [0.25, 0.3) is 5.91 Å². The maximum Gasteiger partial charge on any atom is 0.407 e. The molecule has 0 radical (unpaired) electrons. The van der Waals surface area contributed by atoms with Crippen molar-refractivity contribution in [1.29, 1.82) is 0 Å². The van der Waals surface area contributed by atoms with Crippen LogP contribution in [0, 0.1) is 5.92 Å². The van der Waals surface area contributed by atoms with Crippen LogP contribution < -0.4 is 10.6 Å². The number of aliphatic carboxylic acids is 1. The number of hydrogen-bond donors (Lipinski definition) is 3. The predicted octanol–water partition coefficient (Wildman–Crippen LogP) is 3.94. The van der Waals surface area contributed by atoms with Crippen LogP contribution >= 0.6 is 0 Å². The molecule has 3 N–H and O–H groups in total. The topological polar surface area (TPSA) is 131 Å². The summed E-state index contributed by atoms with van der Waals surface area (Å²) in [5, 5.41) is 14.3. The quantitative estimate of drug-likeness (QED) is 0.425. The Kier molecular flexibility index (Phi) is 7.14. The molecule has 4 rings (SSSR count). The zero-order chi connectivity index (χ0) is 24.9. The van der Waals surface area contributed by atoms with Gasteiger partial charge in [0.1, 0.15) is 6.61 Å². The van der Waals surface area contributed by atoms with Gasteiger partial charge in [0.15, 0.2) is 17.8 Å². The van der Waals surface area contributed by atoms with Gasteiger partial charge >= 0.3 is 12.1 Å². The second-order valence-electron chi connectivity index (χ2n) is 8.73. The van der Waals surface area contributed by atoms with E-state index in [1.807, 2.05) is 50.2 Å². The Labute approximate surface area is 202 Å². The first-order valence-corrected chi connectivity index (χ1v) is 11.4. The van der Waals surface area contributed by atoms with E-state index in [1.54, 1.807) is 0 Å². The van der Waals surface area contributed by atoms with Crippen molar-refractivity contribution in [3.63, 3.8) is 0 Å². The summed E-state index contributed by atoms with van der Waals surface area (Å²) in [4.78, 5) is 40.1. The van der Waals surface area contributed by atoms with E-state index >= 15 is 0 Å². The standard InChI is InChI=1S/C26H27N3O6/c1-15(2)21(11-23(30)31)29-25(32)24-22(35-14-28-24)12-27-26(33)34-13-20-18-9-5-3-7-16(18)17-8-4-6-10-19(17)20/h3-10,14-15,20-21H,11-13H2,1-2H3,(H,27,33)(H,29,32)(H,30,31)/t21-/m0/s1. The van der Waals surface area contributed by atoms with Gasteiger partial charge in [-0.2, -0.15) is 0 Å². The van der Waals surface area contributed by atoms with E-state index in [4.69, 9.17) is 14.3 Å². The van der Waals surface area contributed by atoms with Crippen molar-refractivity contribution in [2.75, 3.05) is 6.61 Å². The van der Waals surface area contributed by atoms with Crippen molar-refractivity contribution >= 4 is 18.0 Å². The van der Waals surface area contributed by atoms with E-state index in [1.165, 1.54) is 0 Å². The number of alkyl carbamates (subject to hydrolysis) is 1. The Morgan fingerprint density at radius 1 is 1.06 bits per heavy atom. The van der Waals surface area contributed by atoms with Crippen LogP contribution in [0.4, 0.5) is 4.79 Å². The monoisotopic (exact) mass is 477 g/mol. The molecule has 1 aliphatic rings. The highest BCUT2D eigenvalue weighted by Crippen LogP contribution is 2.44. The van der Waals surface area contributed by atoms with E-state index in [0.29, 0.717) is 0 Å². The highest BCUT2D eigenvalue weighted by Gasteiger charge is 2.29. The second kappa shape index (κ2) is 10.4. The first kappa shape index (κ1) is 24.0. The number of carbonyl (C=O) groups excluding carboxylic acids is 2. The molecule has 1 aliphatic carbocycles. The molecule has 0 bridgehead atoms. The van der Waals surface area contributed by atoms with Gasteiger partial charge in [-0.05, 0) is 28.2 Å². The molecule has 35 heavy (non-hydrogen) atoms. The largest absolute Gasteiger partial charge is 0.481 e. The number of carbonyl (C=O) groups is 3. The Morgan fingerprint density at radius 3 is 2.29 bits per heavy atom. The molecule has 182 valence electrons. The number of fused-ring (bicyclic) bond motifs is 3. The summed E-state index contributed by atoms with van der Waals surface area (Å²) in [6.07, 6.45) is 0.236. The zero-order valence-corrected chi connectivity index (χ0v) is 19.5. The summed E-state index contributed by atoms with van der Waals surface area (Å²) < 4.78 is 10.8. The van der Waals surface area contributed by atoms with Gasteiger partial charge < -0.3 is 24.9 Å². The van der Waals surface area contributed by atoms with Crippen molar-refractivity contribution in [2.45, 2.75) is 38.8 Å². The van der Waals surface area contributed by atoms with Crippen LogP contribution in [-0.4, -0.2) is 40.7 Å². The normalized spacial score (nSPS) is 13.1. The number of nitrogens with zero attached hydrogens (tertiary/aromatic N) is 1. The van der Waals surface area contributed by atoms with Crippen LogP contribution in [0.2, 0.25) is 0 Å². The van der Waals surface area contributed by atoms with Gasteiger partial charge in [-0.25, -0.2) is 9.78 Å². The molecule has 2 amide bonds. The van der Waals surface area contributed by atoms with Gasteiger partial charge in [0.05, 0.1) is 13.0 Å². The molecule has 0 fully saturated rings. The molecule has 3 aromatic rings. The van der Waals surface area contributed by atoms with Crippen LogP contribution in [0.25, 0.3) is 11.1 Å². The second-order valence-corrected chi connectivity index (χ2v) is 8.73. The van der Waals surface area contributed by atoms with E-state index in [0.717, 1.165) is 28.6 Å². The highest BCUT2D eigenvalue weighted by atomic mass is 16.5. The first-order chi connectivity index (χ1) is 16.8. The third-order valence-electron chi connectivity index (χ3n) is 6.11. The summed E-state index contributed by atoms with van der Waals surface area (Å²) in [7, 11) is 0. The molecule has 0 saturated carbocycles. The molecule has 1 heterocycles. The van der Waals surface area contributed by atoms with Crippen LogP contribution in [0.3, 0.4) is 0 Å². The van der Waals surface area contributed by atoms with E-state index in [-0.39, 0.29) is 42.9 Å². The van der Waals surface area contributed by atoms with Crippen LogP contribution in [-0.2, 0) is 16.1 Å². The number of rotatable bonds is 9. The van der Waals surface area contributed by atoms with E-state index < -0.39 is 24.0 Å². The molecular formula is C26H27N3O6. The summed E-state index contributed by atoms with van der Waals surface area (Å²) >= 11 is 0. The number of ether oxygens (including phenoxy) is 1. The number of aromatic nitrogens is 1. The number of benzene rings is 2. The minimum atomic E-state index is -1.01. The van der Waals surface area contributed by atoms with Gasteiger partial charge in [-0.15, -0.1) is 0 Å². The fourth-order valence-electron chi connectivity index (χ4n) is 4.26. The van der Waals surface area contributed by atoms with Gasteiger partial charge in [0.2, 0.25) is 0 Å². The zero-order valence-electron chi connectivity index (χ0n) is 19.5. The fraction of sp³-hybridized carbons (Fsp3) is 0.308. The lowest BCUT2D eigenvalue weighted by atomic mass is 9.98. The SMILES string of the molecule is CC(C)[C@H](CC(=O)O)NC(=O)c1ncoc1CNC(=O)OCC1c2ccccc2-c2ccccc21. The molecule has 2 aromatic carbocycles. The van der Waals surface area contributed by atoms with Crippen molar-refractivity contribution in [2.24, 2.45) is 5.92 Å². The van der Waals surface area contributed by atoms with Gasteiger partial charge in [-0.3, -0.25) is 9.59 Å². The minimum Gasteiger partial charge on any atom is -0.481 e. The molecule has 0 saturated heterocycles. The Hall–Kier alpha value is -4.14. The summed E-state index contributed by atoms with van der Waals surface area (Å²) in [6.45, 7) is 3.69. The summed E-state index contributed by atoms with van der Waals surface area (Å²) in [6, 6.07) is 15.5. The van der Waals surface area contributed by atoms with Crippen LogP contribution in [0.5, 0.6) is 0 Å². The molecule has 9 nitrogen and oxygen atoms in total. The number of oxazole rings is 1. The smallest absolute Gasteiger partial charge is 0.407 e. The molecule has 1 aromatic heterocycles. The van der Waals surface area contributed by atoms with Crippen LogP contribution in [0.1, 0.15) is 53.6 Å². The molecule has 0 unspecified atom stereocenters. The maximum absolute atomic E-state index is 12.6. The molecular weight excluding hydrogens is 450 g/mol. The predicted molar refractivity (Wildman–Crippen MR) is 127 cm³/mol. The number of carboxylic acids is 1. The third-order valence-corrected chi connectivity index (χ3v) is 6.11. The fourth-order valence-corrected chi connectivity index (χ4v) is 4.26. The number of carboxylic acid groups (broad SMARTS) is 1. The Bertz CT molecular complexity index is 1190.